The van der Waals surface area contributed by atoms with E-state index in [4.69, 9.17) is 9.47 Å². The van der Waals surface area contributed by atoms with Crippen LogP contribution in [0.5, 0.6) is 0 Å². The minimum absolute atomic E-state index is 0.0174. The van der Waals surface area contributed by atoms with E-state index < -0.39 is 0 Å². The molecule has 1 aromatic carbocycles. The number of esters is 1. The van der Waals surface area contributed by atoms with Crippen molar-refractivity contribution in [1.82, 2.24) is 9.47 Å². The van der Waals surface area contributed by atoms with E-state index in [-0.39, 0.29) is 18.8 Å². The first-order valence-corrected chi connectivity index (χ1v) is 9.32. The number of hydrogen-bond donors (Lipinski definition) is 0. The van der Waals surface area contributed by atoms with Gasteiger partial charge >= 0.3 is 5.97 Å². The summed E-state index contributed by atoms with van der Waals surface area (Å²) in [6, 6.07) is 9.17. The Morgan fingerprint density at radius 2 is 2.16 bits per heavy atom. The first-order valence-electron chi connectivity index (χ1n) is 9.32. The molecule has 3 aliphatic rings. The summed E-state index contributed by atoms with van der Waals surface area (Å²) < 4.78 is 13.2. The van der Waals surface area contributed by atoms with Crippen LogP contribution in [0, 0.1) is 5.92 Å². The zero-order chi connectivity index (χ0) is 17.0. The Hall–Kier alpha value is -1.85. The maximum atomic E-state index is 11.6. The maximum absolute atomic E-state index is 11.6. The number of aromatic nitrogens is 1. The molecule has 5 rings (SSSR count). The van der Waals surface area contributed by atoms with Crippen LogP contribution in [-0.4, -0.2) is 42.2 Å². The van der Waals surface area contributed by atoms with Crippen molar-refractivity contribution in [2.24, 2.45) is 5.92 Å². The second-order valence-electron chi connectivity index (χ2n) is 7.46. The SMILES string of the molecule is COC(=O)COC1CC2CCCN3CCc4c(n1c1ccccc41)C23. The Morgan fingerprint density at radius 1 is 1.28 bits per heavy atom. The molecule has 5 nitrogen and oxygen atoms in total. The summed E-state index contributed by atoms with van der Waals surface area (Å²) in [6.45, 7) is 2.38. The highest BCUT2D eigenvalue weighted by molar-refractivity contribution is 5.86. The van der Waals surface area contributed by atoms with Gasteiger partial charge in [0.1, 0.15) is 12.8 Å². The third-order valence-electron chi connectivity index (χ3n) is 6.26. The first-order chi connectivity index (χ1) is 12.3. The molecule has 0 aliphatic carbocycles. The van der Waals surface area contributed by atoms with Crippen molar-refractivity contribution < 1.29 is 14.3 Å². The number of carbonyl (C=O) groups excluding carboxylic acids is 1. The standard InChI is InChI=1S/C20H24N2O3/c1-24-18(23)12-25-17-11-13-5-4-9-21-10-8-15-14-6-2-3-7-16(14)22(17)20(15)19(13)21/h2-3,6-7,13,17,19H,4-5,8-12H2,1H3. The molecule has 3 unspecified atom stereocenters. The van der Waals surface area contributed by atoms with Gasteiger partial charge in [0.2, 0.25) is 0 Å². The average molecular weight is 340 g/mol. The molecular weight excluding hydrogens is 316 g/mol. The fourth-order valence-electron chi connectivity index (χ4n) is 5.28. The lowest BCUT2D eigenvalue weighted by molar-refractivity contribution is -0.152. The smallest absolute Gasteiger partial charge is 0.331 e. The predicted molar refractivity (Wildman–Crippen MR) is 94.3 cm³/mol. The Labute approximate surface area is 147 Å². The van der Waals surface area contributed by atoms with Crippen LogP contribution in [0.1, 0.15) is 42.8 Å². The van der Waals surface area contributed by atoms with E-state index in [0.29, 0.717) is 12.0 Å². The molecule has 2 aromatic rings. The van der Waals surface area contributed by atoms with Gasteiger partial charge in [-0.3, -0.25) is 4.90 Å². The number of methoxy groups -OCH3 is 1. The Bertz CT molecular complexity index is 828. The largest absolute Gasteiger partial charge is 0.467 e. The molecule has 1 aromatic heterocycles. The molecule has 0 spiro atoms. The summed E-state index contributed by atoms with van der Waals surface area (Å²) in [5.41, 5.74) is 4.18. The summed E-state index contributed by atoms with van der Waals surface area (Å²) in [5, 5.41) is 1.36. The lowest BCUT2D eigenvalue weighted by Gasteiger charge is -2.49. The van der Waals surface area contributed by atoms with E-state index in [0.717, 1.165) is 19.4 Å². The zero-order valence-electron chi connectivity index (χ0n) is 14.6. The van der Waals surface area contributed by atoms with E-state index in [1.165, 1.54) is 48.7 Å². The van der Waals surface area contributed by atoms with Crippen LogP contribution in [0.25, 0.3) is 10.9 Å². The molecule has 0 amide bonds. The van der Waals surface area contributed by atoms with Gasteiger partial charge in [-0.25, -0.2) is 4.79 Å². The molecule has 25 heavy (non-hydrogen) atoms. The Balaban J connectivity index is 1.65. The number of para-hydroxylation sites is 1. The van der Waals surface area contributed by atoms with Crippen LogP contribution in [0.4, 0.5) is 0 Å². The number of rotatable bonds is 3. The van der Waals surface area contributed by atoms with Crippen LogP contribution >= 0.6 is 0 Å². The fourth-order valence-corrected chi connectivity index (χ4v) is 5.28. The molecule has 5 heteroatoms. The molecule has 0 radical (unpaired) electrons. The highest BCUT2D eigenvalue weighted by Crippen LogP contribution is 2.51. The summed E-state index contributed by atoms with van der Waals surface area (Å²) in [4.78, 5) is 14.3. The van der Waals surface area contributed by atoms with Crippen molar-refractivity contribution in [2.45, 2.75) is 38.0 Å². The molecule has 0 saturated carbocycles. The van der Waals surface area contributed by atoms with E-state index in [1.807, 2.05) is 0 Å². The van der Waals surface area contributed by atoms with Gasteiger partial charge in [0.25, 0.3) is 0 Å². The van der Waals surface area contributed by atoms with Crippen LogP contribution < -0.4 is 0 Å². The van der Waals surface area contributed by atoms with Gasteiger partial charge in [-0.15, -0.1) is 0 Å². The quantitative estimate of drug-likeness (QED) is 0.806. The molecule has 3 aliphatic heterocycles. The molecule has 0 N–H and O–H groups in total. The number of hydrogen-bond acceptors (Lipinski definition) is 4. The highest BCUT2D eigenvalue weighted by Gasteiger charge is 2.45. The van der Waals surface area contributed by atoms with E-state index >= 15 is 0 Å². The van der Waals surface area contributed by atoms with Gasteiger partial charge in [0.15, 0.2) is 0 Å². The van der Waals surface area contributed by atoms with Crippen LogP contribution in [-0.2, 0) is 20.7 Å². The highest BCUT2D eigenvalue weighted by atomic mass is 16.6. The number of fused-ring (bicyclic) bond motifs is 3. The number of nitrogens with zero attached hydrogens (tertiary/aromatic N) is 2. The third kappa shape index (κ3) is 2.26. The van der Waals surface area contributed by atoms with Gasteiger partial charge in [-0.05, 0) is 49.8 Å². The maximum Gasteiger partial charge on any atom is 0.331 e. The van der Waals surface area contributed by atoms with Gasteiger partial charge in [0, 0.05) is 17.6 Å². The number of ether oxygens (including phenoxy) is 2. The van der Waals surface area contributed by atoms with Crippen molar-refractivity contribution in [2.75, 3.05) is 26.8 Å². The third-order valence-corrected chi connectivity index (χ3v) is 6.26. The summed E-state index contributed by atoms with van der Waals surface area (Å²) in [5.74, 6) is 0.310. The molecule has 1 saturated heterocycles. The molecule has 132 valence electrons. The fraction of sp³-hybridized carbons (Fsp3) is 0.550. The summed E-state index contributed by atoms with van der Waals surface area (Å²) in [6.07, 6.45) is 4.52. The van der Waals surface area contributed by atoms with Crippen molar-refractivity contribution in [3.63, 3.8) is 0 Å². The van der Waals surface area contributed by atoms with Crippen LogP contribution in [0.15, 0.2) is 24.3 Å². The van der Waals surface area contributed by atoms with Gasteiger partial charge in [0.05, 0.1) is 18.7 Å². The molecule has 3 atom stereocenters. The second kappa shape index (κ2) is 5.85. The molecular formula is C20H24N2O3. The number of benzene rings is 1. The molecule has 0 bridgehead atoms. The normalized spacial score (nSPS) is 28.0. The predicted octanol–water partition coefficient (Wildman–Crippen LogP) is 3.04. The number of carbonyl (C=O) groups is 1. The minimum atomic E-state index is -0.308. The monoisotopic (exact) mass is 340 g/mol. The average Bonchev–Trinajstić information content (AvgIpc) is 3.00. The van der Waals surface area contributed by atoms with E-state index in [2.05, 4.69) is 33.7 Å². The van der Waals surface area contributed by atoms with Crippen LogP contribution in [0.2, 0.25) is 0 Å². The van der Waals surface area contributed by atoms with Crippen molar-refractivity contribution >= 4 is 16.9 Å². The summed E-state index contributed by atoms with van der Waals surface area (Å²) in [7, 11) is 1.41. The molecule has 4 heterocycles. The zero-order valence-corrected chi connectivity index (χ0v) is 14.6. The topological polar surface area (TPSA) is 43.7 Å². The van der Waals surface area contributed by atoms with Crippen LogP contribution in [0.3, 0.4) is 0 Å². The minimum Gasteiger partial charge on any atom is -0.467 e. The molecule has 1 fully saturated rings. The Morgan fingerprint density at radius 3 is 3.04 bits per heavy atom. The van der Waals surface area contributed by atoms with Crippen molar-refractivity contribution in [3.05, 3.63) is 35.5 Å². The Kier molecular flexibility index (Phi) is 3.61. The lowest BCUT2D eigenvalue weighted by atomic mass is 9.78. The first kappa shape index (κ1) is 15.4. The van der Waals surface area contributed by atoms with Crippen molar-refractivity contribution in [1.29, 1.82) is 0 Å². The summed E-state index contributed by atoms with van der Waals surface area (Å²) >= 11 is 0. The van der Waals surface area contributed by atoms with Gasteiger partial charge in [-0.1, -0.05) is 18.2 Å². The second-order valence-corrected chi connectivity index (χ2v) is 7.46. The van der Waals surface area contributed by atoms with E-state index in [9.17, 15) is 4.79 Å². The van der Waals surface area contributed by atoms with Crippen molar-refractivity contribution in [3.8, 4) is 0 Å². The van der Waals surface area contributed by atoms with E-state index in [1.54, 1.807) is 0 Å². The number of piperidine rings is 1. The van der Waals surface area contributed by atoms with Gasteiger partial charge in [-0.2, -0.15) is 0 Å². The van der Waals surface area contributed by atoms with Gasteiger partial charge < -0.3 is 14.0 Å². The lowest BCUT2D eigenvalue weighted by Crippen LogP contribution is -2.47.